The van der Waals surface area contributed by atoms with Crippen LogP contribution in [0.5, 0.6) is 0 Å². The highest BCUT2D eigenvalue weighted by molar-refractivity contribution is 7.99. The van der Waals surface area contributed by atoms with Gasteiger partial charge in [0.1, 0.15) is 12.2 Å². The predicted octanol–water partition coefficient (Wildman–Crippen LogP) is 1.73. The molecule has 1 atom stereocenters. The summed E-state index contributed by atoms with van der Waals surface area (Å²) in [4.78, 5) is 4.18. The molecule has 0 saturated heterocycles. The van der Waals surface area contributed by atoms with E-state index in [1.54, 1.807) is 18.1 Å². The molecule has 0 saturated carbocycles. The second-order valence-corrected chi connectivity index (χ2v) is 5.75. The molecule has 0 bridgehead atoms. The van der Waals surface area contributed by atoms with Crippen molar-refractivity contribution in [2.24, 2.45) is 0 Å². The monoisotopic (exact) mass is 243 g/mol. The molecule has 0 radical (unpaired) electrons. The summed E-state index contributed by atoms with van der Waals surface area (Å²) < 4.78 is 1.88. The number of hydrogen-bond donors (Lipinski definition) is 1. The lowest BCUT2D eigenvalue weighted by atomic mass is 10.3. The van der Waals surface area contributed by atoms with Crippen LogP contribution in [0.15, 0.2) is 6.33 Å². The molecule has 1 N–H and O–H groups in total. The summed E-state index contributed by atoms with van der Waals surface area (Å²) in [5.74, 6) is 1.65. The Bertz CT molecular complexity index is 301. The maximum absolute atomic E-state index is 9.86. The Balaban J connectivity index is 2.42. The van der Waals surface area contributed by atoms with Crippen molar-refractivity contribution in [1.29, 1.82) is 0 Å². The Morgan fingerprint density at radius 3 is 2.88 bits per heavy atom. The van der Waals surface area contributed by atoms with Crippen molar-refractivity contribution in [3.05, 3.63) is 12.2 Å². The van der Waals surface area contributed by atoms with E-state index in [9.17, 15) is 5.11 Å². The number of aromatic nitrogens is 3. The van der Waals surface area contributed by atoms with Gasteiger partial charge in [-0.25, -0.2) is 4.98 Å². The quantitative estimate of drug-likeness (QED) is 0.792. The molecule has 1 heterocycles. The molecule has 92 valence electrons. The predicted molar refractivity (Wildman–Crippen MR) is 67.6 cm³/mol. The van der Waals surface area contributed by atoms with Crippen molar-refractivity contribution < 1.29 is 5.11 Å². The van der Waals surface area contributed by atoms with Gasteiger partial charge in [0.2, 0.25) is 0 Å². The van der Waals surface area contributed by atoms with E-state index in [-0.39, 0.29) is 6.10 Å². The lowest BCUT2D eigenvalue weighted by molar-refractivity contribution is 0.195. The molecule has 0 spiro atoms. The first-order valence-corrected chi connectivity index (χ1v) is 6.84. The highest BCUT2D eigenvalue weighted by Crippen LogP contribution is 2.12. The molecule has 0 aliphatic carbocycles. The third-order valence-corrected chi connectivity index (χ3v) is 3.42. The fourth-order valence-corrected chi connectivity index (χ4v) is 2.14. The van der Waals surface area contributed by atoms with E-state index in [0.29, 0.717) is 11.7 Å². The van der Waals surface area contributed by atoms with Crippen LogP contribution in [0.1, 0.15) is 33.0 Å². The van der Waals surface area contributed by atoms with Gasteiger partial charge in [-0.05, 0) is 11.7 Å². The Labute approximate surface area is 101 Å². The normalized spacial score (nSPS) is 13.3. The van der Waals surface area contributed by atoms with Crippen molar-refractivity contribution in [3.63, 3.8) is 0 Å². The lowest BCUT2D eigenvalue weighted by Gasteiger charge is -2.12. The topological polar surface area (TPSA) is 50.9 Å². The van der Waals surface area contributed by atoms with Crippen LogP contribution in [0.3, 0.4) is 0 Å². The molecule has 0 fully saturated rings. The molecule has 5 heteroatoms. The second kappa shape index (κ2) is 6.91. The maximum atomic E-state index is 9.86. The van der Waals surface area contributed by atoms with Crippen LogP contribution in [0.2, 0.25) is 0 Å². The van der Waals surface area contributed by atoms with Gasteiger partial charge in [0.15, 0.2) is 0 Å². The summed E-state index contributed by atoms with van der Waals surface area (Å²) in [5.41, 5.74) is 0. The van der Waals surface area contributed by atoms with E-state index in [1.807, 2.05) is 4.68 Å². The number of aliphatic hydroxyl groups excluding tert-OH is 1. The molecule has 16 heavy (non-hydrogen) atoms. The van der Waals surface area contributed by atoms with E-state index in [0.717, 1.165) is 24.5 Å². The van der Waals surface area contributed by atoms with Gasteiger partial charge < -0.3 is 5.11 Å². The van der Waals surface area contributed by atoms with E-state index in [1.165, 1.54) is 0 Å². The molecular formula is C11H21N3OS. The number of hydrogen-bond acceptors (Lipinski definition) is 4. The Morgan fingerprint density at radius 2 is 2.25 bits per heavy atom. The van der Waals surface area contributed by atoms with Crippen LogP contribution in [-0.2, 0) is 13.0 Å². The fourth-order valence-electron chi connectivity index (χ4n) is 1.42. The number of nitrogens with zero attached hydrogens (tertiary/aromatic N) is 3. The molecule has 1 rings (SSSR count). The number of rotatable bonds is 7. The van der Waals surface area contributed by atoms with E-state index in [2.05, 4.69) is 30.9 Å². The molecule has 1 aromatic rings. The lowest BCUT2D eigenvalue weighted by Crippen LogP contribution is -2.18. The summed E-state index contributed by atoms with van der Waals surface area (Å²) in [6, 6.07) is 0. The zero-order chi connectivity index (χ0) is 12.0. The average molecular weight is 243 g/mol. The van der Waals surface area contributed by atoms with Crippen molar-refractivity contribution in [2.45, 2.75) is 51.5 Å². The molecule has 0 aromatic carbocycles. The Hall–Kier alpha value is -0.550. The molecule has 0 aliphatic heterocycles. The SMILES string of the molecule is CCCn1ncnc1CC(O)CSC(C)C. The largest absolute Gasteiger partial charge is 0.392 e. The van der Waals surface area contributed by atoms with Crippen molar-refractivity contribution >= 4 is 11.8 Å². The summed E-state index contributed by atoms with van der Waals surface area (Å²) >= 11 is 1.77. The van der Waals surface area contributed by atoms with E-state index in [4.69, 9.17) is 0 Å². The molecule has 0 amide bonds. The minimum atomic E-state index is -0.327. The molecular weight excluding hydrogens is 222 g/mol. The average Bonchev–Trinajstić information content (AvgIpc) is 2.63. The Kier molecular flexibility index (Phi) is 5.84. The zero-order valence-corrected chi connectivity index (χ0v) is 11.1. The number of thioether (sulfide) groups is 1. The first-order chi connectivity index (χ1) is 7.63. The van der Waals surface area contributed by atoms with Crippen molar-refractivity contribution in [3.8, 4) is 0 Å². The van der Waals surface area contributed by atoms with Crippen molar-refractivity contribution in [1.82, 2.24) is 14.8 Å². The Morgan fingerprint density at radius 1 is 1.50 bits per heavy atom. The smallest absolute Gasteiger partial charge is 0.138 e. The second-order valence-electron chi connectivity index (χ2n) is 4.14. The maximum Gasteiger partial charge on any atom is 0.138 e. The van der Waals surface area contributed by atoms with Crippen LogP contribution in [0.25, 0.3) is 0 Å². The van der Waals surface area contributed by atoms with Crippen LogP contribution < -0.4 is 0 Å². The van der Waals surface area contributed by atoms with Crippen LogP contribution >= 0.6 is 11.8 Å². The molecule has 1 unspecified atom stereocenters. The first-order valence-electron chi connectivity index (χ1n) is 5.79. The standard InChI is InChI=1S/C11H21N3OS/c1-4-5-14-11(12-8-13-14)6-10(15)7-16-9(2)3/h8-10,15H,4-7H2,1-3H3. The van der Waals surface area contributed by atoms with Gasteiger partial charge in [0.25, 0.3) is 0 Å². The van der Waals surface area contributed by atoms with Gasteiger partial charge in [-0.2, -0.15) is 16.9 Å². The zero-order valence-electron chi connectivity index (χ0n) is 10.3. The van der Waals surface area contributed by atoms with E-state index >= 15 is 0 Å². The van der Waals surface area contributed by atoms with Gasteiger partial charge in [0, 0.05) is 18.7 Å². The van der Waals surface area contributed by atoms with Crippen LogP contribution in [0, 0.1) is 0 Å². The minimum absolute atomic E-state index is 0.327. The van der Waals surface area contributed by atoms with Crippen LogP contribution in [-0.4, -0.2) is 37.0 Å². The van der Waals surface area contributed by atoms with Crippen molar-refractivity contribution in [2.75, 3.05) is 5.75 Å². The third-order valence-electron chi connectivity index (χ3n) is 2.17. The van der Waals surface area contributed by atoms with E-state index < -0.39 is 0 Å². The molecule has 4 nitrogen and oxygen atoms in total. The summed E-state index contributed by atoms with van der Waals surface area (Å²) in [6.45, 7) is 7.25. The van der Waals surface area contributed by atoms with Gasteiger partial charge in [-0.15, -0.1) is 0 Å². The highest BCUT2D eigenvalue weighted by Gasteiger charge is 2.11. The molecule has 0 aliphatic rings. The summed E-state index contributed by atoms with van der Waals surface area (Å²) in [6.07, 6.45) is 2.87. The third kappa shape index (κ3) is 4.53. The van der Waals surface area contributed by atoms with Gasteiger partial charge in [-0.1, -0.05) is 20.8 Å². The molecule has 1 aromatic heterocycles. The highest BCUT2D eigenvalue weighted by atomic mass is 32.2. The summed E-state index contributed by atoms with van der Waals surface area (Å²) in [7, 11) is 0. The first kappa shape index (κ1) is 13.5. The fraction of sp³-hybridized carbons (Fsp3) is 0.818. The van der Waals surface area contributed by atoms with Gasteiger partial charge in [-0.3, -0.25) is 4.68 Å². The minimum Gasteiger partial charge on any atom is -0.392 e. The van der Waals surface area contributed by atoms with Gasteiger partial charge in [0.05, 0.1) is 6.10 Å². The summed E-state index contributed by atoms with van der Waals surface area (Å²) in [5, 5.41) is 14.6. The van der Waals surface area contributed by atoms with Gasteiger partial charge >= 0.3 is 0 Å². The number of aryl methyl sites for hydroxylation is 1. The number of aliphatic hydroxyl groups is 1. The van der Waals surface area contributed by atoms with Crippen LogP contribution in [0.4, 0.5) is 0 Å².